The minimum Gasteiger partial charge on any atom is -0.478 e. The van der Waals surface area contributed by atoms with Crippen LogP contribution >= 0.6 is 24.0 Å². The fraction of sp³-hybridized carbons (Fsp3) is 0.526. The van der Waals surface area contributed by atoms with Crippen molar-refractivity contribution in [3.8, 4) is 5.88 Å². The van der Waals surface area contributed by atoms with E-state index in [4.69, 9.17) is 4.74 Å². The molecule has 1 aliphatic rings. The maximum atomic E-state index is 5.52. The second kappa shape index (κ2) is 10.5. The molecule has 27 heavy (non-hydrogen) atoms. The summed E-state index contributed by atoms with van der Waals surface area (Å²) >= 11 is 0. The topological polar surface area (TPSA) is 67.6 Å². The Labute approximate surface area is 178 Å². The normalized spacial score (nSPS) is 16.9. The Bertz CT molecular complexity index is 730. The molecule has 1 saturated heterocycles. The molecule has 1 fully saturated rings. The third kappa shape index (κ3) is 5.82. The van der Waals surface area contributed by atoms with Gasteiger partial charge in [-0.25, -0.2) is 4.98 Å². The van der Waals surface area contributed by atoms with Gasteiger partial charge in [-0.05, 0) is 24.0 Å². The lowest BCUT2D eigenvalue weighted by molar-refractivity contribution is 0.305. The van der Waals surface area contributed by atoms with Crippen LogP contribution in [-0.2, 0) is 13.6 Å². The monoisotopic (exact) mass is 484 g/mol. The predicted octanol–water partition coefficient (Wildman–Crippen LogP) is 2.79. The van der Waals surface area contributed by atoms with Crippen molar-refractivity contribution < 1.29 is 4.74 Å². The van der Waals surface area contributed by atoms with Crippen LogP contribution in [0.4, 0.5) is 0 Å². The Morgan fingerprint density at radius 1 is 1.37 bits per heavy atom. The number of hydrogen-bond donors (Lipinski definition) is 1. The fourth-order valence-corrected chi connectivity index (χ4v) is 3.20. The van der Waals surface area contributed by atoms with E-state index in [-0.39, 0.29) is 24.0 Å². The summed E-state index contributed by atoms with van der Waals surface area (Å²) in [4.78, 5) is 11.1. The van der Waals surface area contributed by atoms with Crippen molar-refractivity contribution in [1.82, 2.24) is 25.0 Å². The fourth-order valence-electron chi connectivity index (χ4n) is 3.20. The first kappa shape index (κ1) is 21.5. The Hall–Kier alpha value is -1.84. The number of aliphatic imine (C=N–C) groups is 1. The Morgan fingerprint density at radius 2 is 2.22 bits per heavy atom. The highest BCUT2D eigenvalue weighted by Gasteiger charge is 2.26. The van der Waals surface area contributed by atoms with Gasteiger partial charge in [0.1, 0.15) is 0 Å². The van der Waals surface area contributed by atoms with Gasteiger partial charge in [0.05, 0.1) is 12.8 Å². The van der Waals surface area contributed by atoms with Crippen LogP contribution in [0.5, 0.6) is 5.88 Å². The van der Waals surface area contributed by atoms with Gasteiger partial charge in [0.25, 0.3) is 0 Å². The van der Waals surface area contributed by atoms with Crippen LogP contribution in [0, 0.1) is 0 Å². The van der Waals surface area contributed by atoms with Crippen LogP contribution in [0.1, 0.15) is 36.8 Å². The predicted molar refractivity (Wildman–Crippen MR) is 118 cm³/mol. The van der Waals surface area contributed by atoms with E-state index in [0.717, 1.165) is 37.5 Å². The minimum absolute atomic E-state index is 0. The molecule has 3 rings (SSSR count). The summed E-state index contributed by atoms with van der Waals surface area (Å²) in [5.41, 5.74) is 2.41. The van der Waals surface area contributed by atoms with Crippen LogP contribution in [0.15, 0.2) is 35.7 Å². The Balaban J connectivity index is 0.00000261. The molecular formula is C19H29IN6O. The van der Waals surface area contributed by atoms with E-state index < -0.39 is 0 Å². The van der Waals surface area contributed by atoms with Crippen molar-refractivity contribution in [2.75, 3.05) is 26.7 Å². The van der Waals surface area contributed by atoms with E-state index in [2.05, 4.69) is 38.4 Å². The van der Waals surface area contributed by atoms with Crippen molar-refractivity contribution in [3.63, 3.8) is 0 Å². The number of rotatable bonds is 6. The summed E-state index contributed by atoms with van der Waals surface area (Å²) in [6, 6.07) is 3.96. The van der Waals surface area contributed by atoms with E-state index >= 15 is 0 Å². The molecular weight excluding hydrogens is 455 g/mol. The van der Waals surface area contributed by atoms with E-state index in [9.17, 15) is 0 Å². The molecule has 0 saturated carbocycles. The molecule has 7 nitrogen and oxygen atoms in total. The highest BCUT2D eigenvalue weighted by molar-refractivity contribution is 14.0. The van der Waals surface area contributed by atoms with Gasteiger partial charge in [0.15, 0.2) is 5.96 Å². The molecule has 0 amide bonds. The molecule has 148 valence electrons. The Morgan fingerprint density at radius 3 is 2.85 bits per heavy atom. The zero-order chi connectivity index (χ0) is 18.4. The molecule has 0 spiro atoms. The lowest BCUT2D eigenvalue weighted by Gasteiger charge is -2.21. The van der Waals surface area contributed by atoms with Crippen LogP contribution in [0.3, 0.4) is 0 Å². The lowest BCUT2D eigenvalue weighted by Crippen LogP contribution is -2.39. The number of aryl methyl sites for hydroxylation is 1. The van der Waals surface area contributed by atoms with Crippen molar-refractivity contribution in [2.45, 2.75) is 32.2 Å². The molecule has 0 bridgehead atoms. The zero-order valence-electron chi connectivity index (χ0n) is 16.3. The first-order valence-electron chi connectivity index (χ1n) is 9.21. The van der Waals surface area contributed by atoms with E-state index in [1.54, 1.807) is 0 Å². The van der Waals surface area contributed by atoms with Gasteiger partial charge in [-0.15, -0.1) is 24.0 Å². The first-order chi connectivity index (χ1) is 12.7. The maximum absolute atomic E-state index is 5.52. The number of ether oxygens (including phenoxy) is 1. The standard InChI is InChI=1S/C19H28N6O.HI/c1-4-9-26-18-6-5-15(10-21-18)11-22-19(20-2)25-8-7-16(14-25)17-12-23-24(3)13-17;/h5-6,10,12-13,16H,4,7-9,11,14H2,1-3H3,(H,20,22);1H. The summed E-state index contributed by atoms with van der Waals surface area (Å²) in [6.07, 6.45) is 8.04. The molecule has 0 aromatic carbocycles. The minimum atomic E-state index is 0. The van der Waals surface area contributed by atoms with Crippen LogP contribution in [-0.4, -0.2) is 52.4 Å². The highest BCUT2D eigenvalue weighted by atomic mass is 127. The largest absolute Gasteiger partial charge is 0.478 e. The van der Waals surface area contributed by atoms with E-state index in [1.165, 1.54) is 5.56 Å². The molecule has 2 aromatic heterocycles. The summed E-state index contributed by atoms with van der Waals surface area (Å²) in [7, 11) is 3.79. The average Bonchev–Trinajstić information content (AvgIpc) is 3.31. The molecule has 8 heteroatoms. The zero-order valence-corrected chi connectivity index (χ0v) is 18.6. The third-order valence-electron chi connectivity index (χ3n) is 4.60. The van der Waals surface area contributed by atoms with Gasteiger partial charge in [0, 0.05) is 58.1 Å². The van der Waals surface area contributed by atoms with Crippen LogP contribution in [0.25, 0.3) is 0 Å². The van der Waals surface area contributed by atoms with Gasteiger partial charge >= 0.3 is 0 Å². The second-order valence-electron chi connectivity index (χ2n) is 6.63. The molecule has 1 atom stereocenters. The number of guanidine groups is 1. The summed E-state index contributed by atoms with van der Waals surface area (Å²) in [6.45, 7) is 5.45. The van der Waals surface area contributed by atoms with Gasteiger partial charge in [-0.2, -0.15) is 5.10 Å². The Kier molecular flexibility index (Phi) is 8.33. The van der Waals surface area contributed by atoms with Crippen molar-refractivity contribution >= 4 is 29.9 Å². The SMILES string of the molecule is CCCOc1ccc(CNC(=NC)N2CCC(c3cnn(C)c3)C2)cn1.I. The molecule has 1 aliphatic heterocycles. The molecule has 2 aromatic rings. The van der Waals surface area contributed by atoms with Gasteiger partial charge in [-0.3, -0.25) is 9.67 Å². The summed E-state index contributed by atoms with van der Waals surface area (Å²) < 4.78 is 7.39. The first-order valence-corrected chi connectivity index (χ1v) is 9.21. The number of halogens is 1. The number of hydrogen-bond acceptors (Lipinski definition) is 4. The third-order valence-corrected chi connectivity index (χ3v) is 4.60. The van der Waals surface area contributed by atoms with Crippen molar-refractivity contribution in [1.29, 1.82) is 0 Å². The molecule has 1 N–H and O–H groups in total. The molecule has 3 heterocycles. The smallest absolute Gasteiger partial charge is 0.213 e. The van der Waals surface area contributed by atoms with Crippen LogP contribution in [0.2, 0.25) is 0 Å². The highest BCUT2D eigenvalue weighted by Crippen LogP contribution is 2.26. The quantitative estimate of drug-likeness (QED) is 0.388. The number of pyridine rings is 1. The van der Waals surface area contributed by atoms with Gasteiger partial charge in [0.2, 0.25) is 5.88 Å². The molecule has 1 unspecified atom stereocenters. The molecule has 0 radical (unpaired) electrons. The van der Waals surface area contributed by atoms with E-state index in [1.807, 2.05) is 43.3 Å². The number of likely N-dealkylation sites (tertiary alicyclic amines) is 1. The summed E-state index contributed by atoms with van der Waals surface area (Å²) in [5.74, 6) is 2.13. The second-order valence-corrected chi connectivity index (χ2v) is 6.63. The van der Waals surface area contributed by atoms with Gasteiger partial charge in [-0.1, -0.05) is 13.0 Å². The number of nitrogens with zero attached hydrogens (tertiary/aromatic N) is 5. The van der Waals surface area contributed by atoms with E-state index in [0.29, 0.717) is 24.9 Å². The number of nitrogens with one attached hydrogen (secondary N) is 1. The average molecular weight is 484 g/mol. The van der Waals surface area contributed by atoms with Crippen LogP contribution < -0.4 is 10.1 Å². The lowest BCUT2D eigenvalue weighted by atomic mass is 10.0. The number of aromatic nitrogens is 3. The van der Waals surface area contributed by atoms with Gasteiger partial charge < -0.3 is 15.0 Å². The van der Waals surface area contributed by atoms with Crippen molar-refractivity contribution in [2.24, 2.45) is 12.0 Å². The van der Waals surface area contributed by atoms with Crippen molar-refractivity contribution in [3.05, 3.63) is 41.9 Å². The molecule has 0 aliphatic carbocycles. The maximum Gasteiger partial charge on any atom is 0.213 e. The summed E-state index contributed by atoms with van der Waals surface area (Å²) in [5, 5.41) is 7.73.